The molecular weight excluding hydrogens is 973 g/mol. The molecule has 0 spiro atoms. The molecule has 4 atom stereocenters. The third-order valence-electron chi connectivity index (χ3n) is 14.1. The topological polar surface area (TPSA) is 290 Å². The number of ether oxygens (including phenoxy) is 5. The number of fused-ring (bicyclic) bond motifs is 4. The monoisotopic (exact) mass is 1030 g/mol. The summed E-state index contributed by atoms with van der Waals surface area (Å²) in [7, 11) is 2.94. The number of aliphatic hydroxyl groups is 1. The van der Waals surface area contributed by atoms with Gasteiger partial charge in [0.1, 0.15) is 18.1 Å². The van der Waals surface area contributed by atoms with Crippen LogP contribution in [0, 0.1) is 5.41 Å². The van der Waals surface area contributed by atoms with Gasteiger partial charge in [-0.15, -0.1) is 0 Å². The van der Waals surface area contributed by atoms with Crippen molar-refractivity contribution in [2.24, 2.45) is 16.1 Å². The third kappa shape index (κ3) is 11.5. The molecule has 3 aromatic rings. The van der Waals surface area contributed by atoms with Gasteiger partial charge in [0.05, 0.1) is 62.0 Å². The summed E-state index contributed by atoms with van der Waals surface area (Å²) in [6.07, 6.45) is 3.25. The Labute approximate surface area is 432 Å². The smallest absolute Gasteiger partial charge is 0.416 e. The predicted molar refractivity (Wildman–Crippen MR) is 273 cm³/mol. The highest BCUT2D eigenvalue weighted by molar-refractivity contribution is 6.07. The van der Waals surface area contributed by atoms with Crippen molar-refractivity contribution in [1.82, 2.24) is 20.4 Å². The zero-order chi connectivity index (χ0) is 53.6. The largest absolute Gasteiger partial charge is 0.493 e. The second-order valence-electron chi connectivity index (χ2n) is 19.2. The summed E-state index contributed by atoms with van der Waals surface area (Å²) in [6.45, 7) is 9.11. The molecule has 22 nitrogen and oxygen atoms in total. The highest BCUT2D eigenvalue weighted by Crippen LogP contribution is 2.44. The van der Waals surface area contributed by atoms with E-state index in [4.69, 9.17) is 29.4 Å². The Balaban J connectivity index is 0.893. The van der Waals surface area contributed by atoms with Crippen LogP contribution in [0.15, 0.2) is 77.8 Å². The first kappa shape index (κ1) is 53.2. The number of carbonyl (C=O) groups excluding carboxylic acids is 6. The summed E-state index contributed by atoms with van der Waals surface area (Å²) in [5.41, 5.74) is 7.08. The Kier molecular flexibility index (Phi) is 16.3. The van der Waals surface area contributed by atoms with Gasteiger partial charge in [0.15, 0.2) is 29.2 Å². The van der Waals surface area contributed by atoms with E-state index in [-0.39, 0.29) is 93.1 Å². The van der Waals surface area contributed by atoms with E-state index >= 15 is 0 Å². The predicted octanol–water partition coefficient (Wildman–Crippen LogP) is 5.19. The van der Waals surface area contributed by atoms with Gasteiger partial charge in [-0.05, 0) is 87.6 Å². The van der Waals surface area contributed by atoms with Crippen LogP contribution in [0.2, 0.25) is 0 Å². The molecule has 3 fully saturated rings. The lowest BCUT2D eigenvalue weighted by Crippen LogP contribution is -2.55. The van der Waals surface area contributed by atoms with Crippen LogP contribution in [0.4, 0.5) is 26.7 Å². The van der Waals surface area contributed by atoms with Gasteiger partial charge in [-0.1, -0.05) is 42.9 Å². The Bertz CT molecular complexity index is 2790. The first-order valence-electron chi connectivity index (χ1n) is 24.8. The number of nitrogens with two attached hydrogens (primary N) is 1. The van der Waals surface area contributed by atoms with E-state index < -0.39 is 59.5 Å². The van der Waals surface area contributed by atoms with Crippen LogP contribution in [-0.2, 0) is 25.7 Å². The SMILES string of the molecule is C=C1C[C@H]2C=Nc3cc(OCCCCCOc4cc5c(cc4OC)C(=O)N4CC(=C)C[C@H]4[C@H](O)N5C(=O)OCc4ccc(NC(=O)[C@H](CCCNC(N)=O)NC(=O)C5(C(=O)O)CCC5)cc4)c(OC)cc3C(=O)N2C1. The van der Waals surface area contributed by atoms with Gasteiger partial charge in [0, 0.05) is 43.7 Å². The number of aliphatic hydroxyl groups excluding tert-OH is 1. The van der Waals surface area contributed by atoms with Crippen LogP contribution in [0.1, 0.15) is 90.5 Å². The molecule has 0 aromatic heterocycles. The average Bonchev–Trinajstić information content (AvgIpc) is 3.91. The summed E-state index contributed by atoms with van der Waals surface area (Å²) < 4.78 is 29.3. The highest BCUT2D eigenvalue weighted by atomic mass is 16.6. The number of methoxy groups -OCH3 is 2. The van der Waals surface area contributed by atoms with Crippen LogP contribution >= 0.6 is 0 Å². The number of amides is 7. The lowest BCUT2D eigenvalue weighted by atomic mass is 9.68. The van der Waals surface area contributed by atoms with Crippen molar-refractivity contribution >= 4 is 65.0 Å². The molecule has 1 saturated carbocycles. The van der Waals surface area contributed by atoms with Crippen molar-refractivity contribution in [2.45, 2.75) is 95.2 Å². The maximum atomic E-state index is 14.2. The van der Waals surface area contributed by atoms with Crippen LogP contribution in [0.25, 0.3) is 0 Å². The Hall–Kier alpha value is -8.14. The molecule has 3 aromatic carbocycles. The molecule has 5 aliphatic rings. The number of benzene rings is 3. The molecule has 22 heteroatoms. The number of anilines is 2. The second-order valence-corrected chi connectivity index (χ2v) is 19.2. The summed E-state index contributed by atoms with van der Waals surface area (Å²) in [4.78, 5) is 100. The third-order valence-corrected chi connectivity index (χ3v) is 14.1. The first-order chi connectivity index (χ1) is 36.0. The number of aliphatic imine (C=N–C) groups is 1. The number of rotatable bonds is 21. The number of hydrogen-bond acceptors (Lipinski definition) is 14. The van der Waals surface area contributed by atoms with Crippen LogP contribution in [0.3, 0.4) is 0 Å². The van der Waals surface area contributed by atoms with Gasteiger partial charge in [0.25, 0.3) is 11.8 Å². The molecule has 398 valence electrons. The van der Waals surface area contributed by atoms with Crippen molar-refractivity contribution in [3.05, 3.63) is 89.5 Å². The number of aliphatic carboxylic acids is 1. The normalized spacial score (nSPS) is 19.5. The number of carboxylic acids is 1. The standard InChI is InChI=1S/C53H62N8O14/c1-30-20-34-26-56-38-24-43(41(71-3)22-35(38)46(63)59(34)27-30)73-18-6-5-7-19-74-44-25-39-36(23-42(44)72-4)47(64)60-28-31(2)21-40(60)48(65)61(39)52(70)75-29-32-11-13-33(14-12-32)57-45(62)37(10-8-17-55-51(54)69)58-49(66)53(50(67)68)15-9-16-53/h11-14,22-26,34,37,40,48,65H,1-2,5-10,15-21,27-29H2,3-4H3,(H,57,62)(H,58,66)(H,67,68)(H3,54,55,69)/t34-,37-,40-,48-/m0/s1. The Morgan fingerprint density at radius 2 is 1.48 bits per heavy atom. The Morgan fingerprint density at radius 1 is 0.840 bits per heavy atom. The molecule has 7 amide bonds. The van der Waals surface area contributed by atoms with Gasteiger partial charge < -0.3 is 65.4 Å². The van der Waals surface area contributed by atoms with E-state index in [2.05, 4.69) is 34.1 Å². The average molecular weight is 1040 g/mol. The van der Waals surface area contributed by atoms with Crippen molar-refractivity contribution in [2.75, 3.05) is 57.3 Å². The van der Waals surface area contributed by atoms with Gasteiger partial charge >= 0.3 is 18.1 Å². The second kappa shape index (κ2) is 23.0. The van der Waals surface area contributed by atoms with Crippen LogP contribution in [-0.4, -0.2) is 139 Å². The molecule has 0 bridgehead atoms. The fourth-order valence-corrected chi connectivity index (χ4v) is 9.81. The highest BCUT2D eigenvalue weighted by Gasteiger charge is 2.52. The van der Waals surface area contributed by atoms with Crippen molar-refractivity contribution in [3.63, 3.8) is 0 Å². The number of primary amides is 1. The van der Waals surface area contributed by atoms with Crippen LogP contribution < -0.4 is 45.5 Å². The zero-order valence-electron chi connectivity index (χ0n) is 41.9. The summed E-state index contributed by atoms with van der Waals surface area (Å²) in [5.74, 6) is -1.91. The minimum atomic E-state index is -1.62. The van der Waals surface area contributed by atoms with Crippen molar-refractivity contribution < 1.29 is 67.5 Å². The lowest BCUT2D eigenvalue weighted by molar-refractivity contribution is -0.162. The molecular formula is C53H62N8O14. The molecule has 75 heavy (non-hydrogen) atoms. The molecule has 0 unspecified atom stereocenters. The van der Waals surface area contributed by atoms with E-state index in [1.54, 1.807) is 47.5 Å². The number of nitrogens with zero attached hydrogens (tertiary/aromatic N) is 4. The number of unbranched alkanes of at least 4 members (excludes halogenated alkanes) is 2. The molecule has 7 N–H and O–H groups in total. The summed E-state index contributed by atoms with van der Waals surface area (Å²) in [6, 6.07) is 9.73. The van der Waals surface area contributed by atoms with E-state index in [0.29, 0.717) is 84.8 Å². The Morgan fingerprint density at radius 3 is 2.12 bits per heavy atom. The van der Waals surface area contributed by atoms with Gasteiger partial charge in [0.2, 0.25) is 11.8 Å². The molecule has 4 aliphatic heterocycles. The van der Waals surface area contributed by atoms with E-state index in [1.165, 1.54) is 31.3 Å². The first-order valence-corrected chi connectivity index (χ1v) is 24.8. The minimum absolute atomic E-state index is 0.0463. The molecule has 8 rings (SSSR count). The van der Waals surface area contributed by atoms with E-state index in [1.807, 2.05) is 0 Å². The van der Waals surface area contributed by atoms with Crippen molar-refractivity contribution in [3.8, 4) is 23.0 Å². The number of urea groups is 1. The van der Waals surface area contributed by atoms with Gasteiger partial charge in [-0.2, -0.15) is 0 Å². The minimum Gasteiger partial charge on any atom is -0.493 e. The van der Waals surface area contributed by atoms with E-state index in [0.717, 1.165) is 10.5 Å². The van der Waals surface area contributed by atoms with Gasteiger partial charge in [-0.3, -0.25) is 29.0 Å². The molecule has 1 aliphatic carbocycles. The quantitative estimate of drug-likeness (QED) is 0.0455. The van der Waals surface area contributed by atoms with Crippen LogP contribution in [0.5, 0.6) is 23.0 Å². The fraction of sp³-hybridized carbons (Fsp3) is 0.434. The lowest BCUT2D eigenvalue weighted by Gasteiger charge is -2.36. The summed E-state index contributed by atoms with van der Waals surface area (Å²) >= 11 is 0. The number of hydrogen-bond donors (Lipinski definition) is 6. The van der Waals surface area contributed by atoms with E-state index in [9.17, 15) is 43.8 Å². The molecule has 2 saturated heterocycles. The summed E-state index contributed by atoms with van der Waals surface area (Å²) in [5, 5.41) is 29.4. The van der Waals surface area contributed by atoms with Gasteiger partial charge in [-0.25, -0.2) is 14.5 Å². The molecule has 4 heterocycles. The number of nitrogens with one attached hydrogen (secondary N) is 3. The number of carbonyl (C=O) groups is 7. The molecule has 0 radical (unpaired) electrons. The zero-order valence-corrected chi connectivity index (χ0v) is 41.9. The number of carboxylic acid groups (broad SMARTS) is 1. The fourth-order valence-electron chi connectivity index (χ4n) is 9.81. The maximum Gasteiger partial charge on any atom is 0.416 e. The van der Waals surface area contributed by atoms with Crippen molar-refractivity contribution in [1.29, 1.82) is 0 Å². The maximum absolute atomic E-state index is 14.2.